The van der Waals surface area contributed by atoms with Crippen LogP contribution < -0.4 is 5.32 Å². The van der Waals surface area contributed by atoms with Gasteiger partial charge in [0.15, 0.2) is 6.10 Å². The van der Waals surface area contributed by atoms with Crippen molar-refractivity contribution in [1.29, 1.82) is 0 Å². The Balaban J connectivity index is 1.24. The second-order valence-corrected chi connectivity index (χ2v) is 28.6. The van der Waals surface area contributed by atoms with Crippen LogP contribution in [-0.4, -0.2) is 122 Å². The molecule has 0 aliphatic heterocycles. The molecule has 1 fully saturated rings. The van der Waals surface area contributed by atoms with Crippen molar-refractivity contribution in [3.8, 4) is 0 Å². The van der Waals surface area contributed by atoms with Crippen LogP contribution >= 0.6 is 23.5 Å². The summed E-state index contributed by atoms with van der Waals surface area (Å²) in [6, 6.07) is 53.2. The molecule has 3 unspecified atom stereocenters. The van der Waals surface area contributed by atoms with Crippen molar-refractivity contribution in [3.05, 3.63) is 215 Å². The Labute approximate surface area is 598 Å². The number of ether oxygens (including phenoxy) is 9. The van der Waals surface area contributed by atoms with Gasteiger partial charge in [0.2, 0.25) is 0 Å². The quantitative estimate of drug-likeness (QED) is 0.0122. The summed E-state index contributed by atoms with van der Waals surface area (Å²) in [5.41, 5.74) is 3.67. The number of carbonyl (C=O) groups is 3. The van der Waals surface area contributed by atoms with Gasteiger partial charge in [-0.25, -0.2) is 18.5 Å². The predicted molar refractivity (Wildman–Crippen MR) is 376 cm³/mol. The van der Waals surface area contributed by atoms with E-state index in [0.29, 0.717) is 60.0 Å². The second-order valence-electron chi connectivity index (χ2n) is 23.7. The molecular weight excluding hydrogens is 1380 g/mol. The second kappa shape index (κ2) is 47.2. The van der Waals surface area contributed by atoms with Gasteiger partial charge in [0, 0.05) is 40.7 Å². The van der Waals surface area contributed by atoms with Crippen LogP contribution in [0.25, 0.3) is 0 Å². The molecule has 6 aromatic rings. The number of amides is 1. The molecule has 7 rings (SSSR count). The van der Waals surface area contributed by atoms with E-state index in [1.165, 1.54) is 21.3 Å². The van der Waals surface area contributed by atoms with E-state index in [-0.39, 0.29) is 45.9 Å². The van der Waals surface area contributed by atoms with E-state index in [0.717, 1.165) is 44.1 Å². The van der Waals surface area contributed by atoms with Crippen molar-refractivity contribution in [3.63, 3.8) is 0 Å². The van der Waals surface area contributed by atoms with E-state index in [2.05, 4.69) is 12.2 Å². The highest BCUT2D eigenvalue weighted by Crippen LogP contribution is 2.60. The van der Waals surface area contributed by atoms with E-state index in [9.17, 15) is 14.4 Å². The number of nitrogens with one attached hydrogen (secondary N) is 1. The summed E-state index contributed by atoms with van der Waals surface area (Å²) >= 11 is 0. The van der Waals surface area contributed by atoms with Gasteiger partial charge in [-0.15, -0.1) is 0 Å². The summed E-state index contributed by atoms with van der Waals surface area (Å²) < 4.78 is 159. The maximum absolute atomic E-state index is 16.3. The molecule has 1 aliphatic rings. The van der Waals surface area contributed by atoms with E-state index in [1.54, 1.807) is 152 Å². The van der Waals surface area contributed by atoms with Crippen LogP contribution in [0.15, 0.2) is 182 Å². The fourth-order valence-corrected chi connectivity index (χ4v) is 14.5. The Bertz CT molecular complexity index is 3190. The lowest BCUT2D eigenvalue weighted by Crippen LogP contribution is -2.67. The maximum Gasteiger partial charge on any atom is 0.475 e. The van der Waals surface area contributed by atoms with Gasteiger partial charge in [0.1, 0.15) is 70.2 Å². The number of alkyl carbamates (subject to hydrolysis) is 1. The molecule has 6 aromatic carbocycles. The first kappa shape index (κ1) is 82.9. The molecule has 0 aromatic heterocycles. The topological polar surface area (TPSA) is 281 Å². The van der Waals surface area contributed by atoms with Gasteiger partial charge in [-0.3, -0.25) is 50.3 Å². The zero-order chi connectivity index (χ0) is 72.4. The maximum atomic E-state index is 16.3. The molecule has 1 saturated carbocycles. The average molecular weight is 1480 g/mol. The number of benzene rings is 6. The van der Waals surface area contributed by atoms with E-state index >= 15 is 13.7 Å². The first-order chi connectivity index (χ1) is 49.7. The molecule has 0 bridgehead atoms. The number of phosphoric acid groups is 3. The number of rotatable bonds is 52. The van der Waals surface area contributed by atoms with Gasteiger partial charge in [-0.2, -0.15) is 0 Å². The minimum Gasteiger partial charge on any atom is -0.462 e. The monoisotopic (exact) mass is 1480 g/mol. The smallest absolute Gasteiger partial charge is 0.462 e. The number of methoxy groups -OCH3 is 3. The molecule has 558 valence electrons. The molecule has 0 radical (unpaired) electrons. The van der Waals surface area contributed by atoms with Gasteiger partial charge < -0.3 is 47.9 Å². The Morgan fingerprint density at radius 1 is 0.363 bits per heavy atom. The largest absolute Gasteiger partial charge is 0.475 e. The number of hydrogen-bond acceptors (Lipinski definition) is 24. The Morgan fingerprint density at radius 3 is 1.03 bits per heavy atom. The molecule has 0 heterocycles. The number of hydrogen-bond donors (Lipinski definition) is 1. The lowest BCUT2D eigenvalue weighted by Gasteiger charge is -2.49. The summed E-state index contributed by atoms with van der Waals surface area (Å²) in [5, 5.41) is 2.76. The summed E-state index contributed by atoms with van der Waals surface area (Å²) in [6.45, 7) is -2.08. The van der Waals surface area contributed by atoms with Gasteiger partial charge in [0.05, 0.1) is 39.6 Å². The molecule has 1 amide bonds. The van der Waals surface area contributed by atoms with Crippen molar-refractivity contribution in [1.82, 2.24) is 5.32 Å². The van der Waals surface area contributed by atoms with Crippen molar-refractivity contribution < 1.29 is 111 Å². The SMILES string of the molecule is CCCCCCCC(=O)O[C@H](COC(=O)CCCCCCCNC(=O)OCc1ccccc1)COP(=O)(OCc1ccccc1)OC1[C@H](OCOC)[C@H](OP(=O)(OCc2ccccc2)OCc2ccccc2)C(OCOC)[C@H](OP(=O)(OCc2ccccc2)OCc2ccccc2)[C@H]1OCOC. The Kier molecular flexibility index (Phi) is 38.3. The summed E-state index contributed by atoms with van der Waals surface area (Å²) in [5.74, 6) is -1.25. The first-order valence-corrected chi connectivity index (χ1v) is 38.6. The Hall–Kier alpha value is -6.38. The highest BCUT2D eigenvalue weighted by molar-refractivity contribution is 7.49. The van der Waals surface area contributed by atoms with Gasteiger partial charge >= 0.3 is 41.5 Å². The number of esters is 2. The van der Waals surface area contributed by atoms with Crippen molar-refractivity contribution in [2.24, 2.45) is 0 Å². The third-order valence-corrected chi connectivity index (χ3v) is 19.9. The predicted octanol–water partition coefficient (Wildman–Crippen LogP) is 15.6. The average Bonchev–Trinajstić information content (AvgIpc) is 0.748. The third-order valence-electron chi connectivity index (χ3n) is 15.7. The standard InChI is InChI=1S/C74H98NO24P3/c1-5-6-7-9-31-46-67(77)96-65(54-85-66(76)45-30-10-8-11-32-47-75-74(78)86-48-59-33-18-12-19-34-59)55-95-102(81,94-53-64-43-28-17-29-44-64)99-73-69(88-57-83-3)71(97-100(79,90-49-60-35-20-13-21-36-60)91-50-61-37-22-14-23-38-61)68(87-56-82-2)72(70(73)89-58-84-4)98-101(80,92-51-62-39-24-15-25-40-62)93-52-63-41-26-16-27-42-63/h12-29,33-44,65,68-73H,5-11,30-32,45-58H2,1-4H3,(H,75,78)/t65-,68?,69-,70-,71-,72+,73?,102?/m1/s1. The fraction of sp³-hybridized carbons (Fsp3) is 0.473. The van der Waals surface area contributed by atoms with Gasteiger partial charge in [0.25, 0.3) is 0 Å². The lowest BCUT2D eigenvalue weighted by molar-refractivity contribution is -0.277. The van der Waals surface area contributed by atoms with Crippen LogP contribution in [0.1, 0.15) is 117 Å². The molecule has 28 heteroatoms. The molecule has 1 aliphatic carbocycles. The summed E-state index contributed by atoms with van der Waals surface area (Å²) in [7, 11) is -11.3. The molecule has 0 spiro atoms. The summed E-state index contributed by atoms with van der Waals surface area (Å²) in [6.07, 6.45) is -5.38. The fourth-order valence-electron chi connectivity index (χ4n) is 10.4. The normalized spacial score (nSPS) is 17.8. The molecule has 0 saturated heterocycles. The van der Waals surface area contributed by atoms with Crippen LogP contribution in [0.3, 0.4) is 0 Å². The van der Waals surface area contributed by atoms with E-state index < -0.39 is 124 Å². The van der Waals surface area contributed by atoms with Crippen molar-refractivity contribution in [2.75, 3.05) is 61.5 Å². The van der Waals surface area contributed by atoms with Gasteiger partial charge in [-0.05, 0) is 52.6 Å². The zero-order valence-corrected chi connectivity index (χ0v) is 61.2. The number of unbranched alkanes of at least 4 members (excludes halogenated alkanes) is 8. The zero-order valence-electron chi connectivity index (χ0n) is 58.5. The molecule has 102 heavy (non-hydrogen) atoms. The van der Waals surface area contributed by atoms with Gasteiger partial charge in [-0.1, -0.05) is 234 Å². The van der Waals surface area contributed by atoms with Crippen molar-refractivity contribution >= 4 is 41.5 Å². The van der Waals surface area contributed by atoms with Crippen molar-refractivity contribution in [2.45, 2.75) is 166 Å². The molecule has 25 nitrogen and oxygen atoms in total. The van der Waals surface area contributed by atoms with Crippen LogP contribution in [-0.2, 0) is 146 Å². The Morgan fingerprint density at radius 2 is 0.676 bits per heavy atom. The molecular formula is C74H98NO24P3. The number of carbonyl (C=O) groups excluding carboxylic acids is 3. The lowest BCUT2D eigenvalue weighted by atomic mass is 9.84. The highest BCUT2D eigenvalue weighted by atomic mass is 31.2. The van der Waals surface area contributed by atoms with E-state index in [1.807, 2.05) is 30.3 Å². The minimum absolute atomic E-state index is 0.00732. The molecule has 1 N–H and O–H groups in total. The first-order valence-electron chi connectivity index (χ1n) is 34.3. The van der Waals surface area contributed by atoms with Crippen LogP contribution in [0.4, 0.5) is 4.79 Å². The third kappa shape index (κ3) is 31.1. The molecule has 8 atom stereocenters. The van der Waals surface area contributed by atoms with Crippen LogP contribution in [0.2, 0.25) is 0 Å². The minimum atomic E-state index is -5.28. The van der Waals surface area contributed by atoms with Crippen LogP contribution in [0.5, 0.6) is 0 Å². The summed E-state index contributed by atoms with van der Waals surface area (Å²) in [4.78, 5) is 39.5. The van der Waals surface area contributed by atoms with E-state index in [4.69, 9.17) is 83.3 Å². The van der Waals surface area contributed by atoms with Crippen LogP contribution in [0, 0.1) is 0 Å². The highest BCUT2D eigenvalue weighted by Gasteiger charge is 2.61. The number of phosphoric ester groups is 3.